The van der Waals surface area contributed by atoms with Gasteiger partial charge < -0.3 is 29.9 Å². The van der Waals surface area contributed by atoms with E-state index in [4.69, 9.17) is 4.74 Å². The van der Waals surface area contributed by atoms with E-state index in [0.29, 0.717) is 11.5 Å². The maximum atomic E-state index is 10.4. The van der Waals surface area contributed by atoms with Crippen LogP contribution in [0.2, 0.25) is 0 Å². The van der Waals surface area contributed by atoms with Gasteiger partial charge in [-0.2, -0.15) is 0 Å². The Morgan fingerprint density at radius 1 is 1.15 bits per heavy atom. The van der Waals surface area contributed by atoms with Gasteiger partial charge in [0.15, 0.2) is 6.23 Å². The minimum absolute atomic E-state index is 0.379. The molecule has 1 aliphatic rings. The maximum absolute atomic E-state index is 10.4. The summed E-state index contributed by atoms with van der Waals surface area (Å²) in [4.78, 5) is 8.66. The van der Waals surface area contributed by atoms with E-state index in [-0.39, 0.29) is 6.61 Å². The van der Waals surface area contributed by atoms with Crippen molar-refractivity contribution < 1.29 is 20.1 Å². The number of nitrogens with zero attached hydrogens (tertiary/aromatic N) is 3. The molecule has 8 heteroatoms. The molecule has 4 atom stereocenters. The van der Waals surface area contributed by atoms with Crippen LogP contribution in [0, 0.1) is 0 Å². The van der Waals surface area contributed by atoms with Gasteiger partial charge in [-0.15, -0.1) is 0 Å². The molecule has 26 heavy (non-hydrogen) atoms. The van der Waals surface area contributed by atoms with Crippen LogP contribution >= 0.6 is 0 Å². The first-order valence-electron chi connectivity index (χ1n) is 8.37. The molecule has 0 aliphatic carbocycles. The molecule has 0 saturated carbocycles. The Hall–Kier alpha value is -2.52. The van der Waals surface area contributed by atoms with Crippen LogP contribution in [-0.2, 0) is 4.74 Å². The quantitative estimate of drug-likeness (QED) is 0.546. The zero-order valence-electron chi connectivity index (χ0n) is 14.1. The molecular formula is C18H20N4O4. The summed E-state index contributed by atoms with van der Waals surface area (Å²) in [7, 11) is 1.78. The minimum atomic E-state index is -1.18. The summed E-state index contributed by atoms with van der Waals surface area (Å²) in [6, 6.07) is 9.76. The fourth-order valence-corrected chi connectivity index (χ4v) is 3.41. The summed E-state index contributed by atoms with van der Waals surface area (Å²) in [5.74, 6) is 0.652. The van der Waals surface area contributed by atoms with Gasteiger partial charge in [0, 0.05) is 18.8 Å². The number of aliphatic hydroxyl groups is 3. The first-order chi connectivity index (χ1) is 12.7. The van der Waals surface area contributed by atoms with E-state index in [1.165, 1.54) is 6.33 Å². The third-order valence-electron chi connectivity index (χ3n) is 4.72. The molecular weight excluding hydrogens is 336 g/mol. The second-order valence-corrected chi connectivity index (χ2v) is 6.22. The van der Waals surface area contributed by atoms with Crippen molar-refractivity contribution in [1.82, 2.24) is 14.5 Å². The van der Waals surface area contributed by atoms with Crippen LogP contribution in [0.5, 0.6) is 0 Å². The normalized spacial score (nSPS) is 25.7. The van der Waals surface area contributed by atoms with Crippen molar-refractivity contribution in [2.45, 2.75) is 24.5 Å². The predicted octanol–water partition coefficient (Wildman–Crippen LogP) is 0.751. The van der Waals surface area contributed by atoms with Crippen molar-refractivity contribution >= 4 is 16.9 Å². The second-order valence-electron chi connectivity index (χ2n) is 6.22. The third-order valence-corrected chi connectivity index (χ3v) is 4.72. The molecule has 0 amide bonds. The van der Waals surface area contributed by atoms with Crippen molar-refractivity contribution in [1.29, 1.82) is 0 Å². The van der Waals surface area contributed by atoms with Crippen LogP contribution in [0.1, 0.15) is 6.23 Å². The van der Waals surface area contributed by atoms with Gasteiger partial charge in [-0.1, -0.05) is 30.3 Å². The van der Waals surface area contributed by atoms with Gasteiger partial charge in [0.05, 0.1) is 12.0 Å². The highest BCUT2D eigenvalue weighted by atomic mass is 16.6. The molecule has 3 aromatic rings. The number of aliphatic hydroxyl groups excluding tert-OH is 3. The number of rotatable bonds is 4. The van der Waals surface area contributed by atoms with Gasteiger partial charge in [0.2, 0.25) is 0 Å². The molecule has 4 N–H and O–H groups in total. The molecule has 0 spiro atoms. The van der Waals surface area contributed by atoms with Crippen LogP contribution in [0.4, 0.5) is 5.82 Å². The van der Waals surface area contributed by atoms with E-state index in [1.54, 1.807) is 11.6 Å². The van der Waals surface area contributed by atoms with Crippen LogP contribution in [-0.4, -0.2) is 61.8 Å². The van der Waals surface area contributed by atoms with Crippen molar-refractivity contribution in [2.24, 2.45) is 0 Å². The predicted molar refractivity (Wildman–Crippen MR) is 95.5 cm³/mol. The number of nitrogens with one attached hydrogen (secondary N) is 1. The number of benzene rings is 1. The third kappa shape index (κ3) is 2.55. The molecule has 1 aliphatic heterocycles. The Balaban J connectivity index is 1.92. The standard InChI is InChI=1S/C18H20N4O4/c1-19-16-13-11(10-5-3-2-4-6-10)7-22(17(13)21-9-20-16)18-15(25)14(24)12(8-23)26-18/h2-7,9,12,14-15,18,23-25H,8H2,1H3,(H,19,20,21)/t12-,14-,15-,18-/m1/s1. The van der Waals surface area contributed by atoms with Gasteiger partial charge in [0.1, 0.15) is 36.1 Å². The lowest BCUT2D eigenvalue weighted by Gasteiger charge is -2.17. The summed E-state index contributed by atoms with van der Waals surface area (Å²) in [6.45, 7) is -0.379. The number of fused-ring (bicyclic) bond motifs is 1. The second kappa shape index (κ2) is 6.65. The van der Waals surface area contributed by atoms with Crippen molar-refractivity contribution in [3.05, 3.63) is 42.9 Å². The molecule has 1 saturated heterocycles. The van der Waals surface area contributed by atoms with Crippen molar-refractivity contribution in [3.63, 3.8) is 0 Å². The summed E-state index contributed by atoms with van der Waals surface area (Å²) < 4.78 is 7.37. The highest BCUT2D eigenvalue weighted by Gasteiger charge is 2.44. The maximum Gasteiger partial charge on any atom is 0.164 e. The number of hydrogen-bond acceptors (Lipinski definition) is 7. The zero-order chi connectivity index (χ0) is 18.3. The molecule has 136 valence electrons. The lowest BCUT2D eigenvalue weighted by molar-refractivity contribution is -0.0508. The molecule has 1 fully saturated rings. The van der Waals surface area contributed by atoms with Gasteiger partial charge >= 0.3 is 0 Å². The van der Waals surface area contributed by atoms with Crippen molar-refractivity contribution in [2.75, 3.05) is 19.0 Å². The Kier molecular flexibility index (Phi) is 4.33. The van der Waals surface area contributed by atoms with Gasteiger partial charge in [-0.05, 0) is 5.56 Å². The van der Waals surface area contributed by atoms with Gasteiger partial charge in [-0.3, -0.25) is 0 Å². The fourth-order valence-electron chi connectivity index (χ4n) is 3.41. The highest BCUT2D eigenvalue weighted by Crippen LogP contribution is 2.38. The summed E-state index contributed by atoms with van der Waals surface area (Å²) >= 11 is 0. The van der Waals surface area contributed by atoms with E-state index in [2.05, 4.69) is 15.3 Å². The molecule has 0 bridgehead atoms. The van der Waals surface area contributed by atoms with Crippen molar-refractivity contribution in [3.8, 4) is 11.1 Å². The molecule has 8 nitrogen and oxygen atoms in total. The zero-order valence-corrected chi connectivity index (χ0v) is 14.1. The van der Waals surface area contributed by atoms with E-state index < -0.39 is 24.5 Å². The summed E-state index contributed by atoms with van der Waals surface area (Å²) in [5, 5.41) is 33.7. The first-order valence-corrected chi connectivity index (χ1v) is 8.37. The lowest BCUT2D eigenvalue weighted by atomic mass is 10.1. The topological polar surface area (TPSA) is 113 Å². The van der Waals surface area contributed by atoms with Gasteiger partial charge in [0.25, 0.3) is 0 Å². The molecule has 1 aromatic carbocycles. The Bertz CT molecular complexity index is 914. The molecule has 2 aromatic heterocycles. The largest absolute Gasteiger partial charge is 0.394 e. The van der Waals surface area contributed by atoms with Gasteiger partial charge in [-0.25, -0.2) is 9.97 Å². The van der Waals surface area contributed by atoms with E-state index in [1.807, 2.05) is 36.5 Å². The minimum Gasteiger partial charge on any atom is -0.394 e. The number of aromatic nitrogens is 3. The first kappa shape index (κ1) is 16.9. The molecule has 0 radical (unpaired) electrons. The van der Waals surface area contributed by atoms with Crippen LogP contribution in [0.25, 0.3) is 22.2 Å². The fraction of sp³-hybridized carbons (Fsp3) is 0.333. The number of hydrogen-bond donors (Lipinski definition) is 4. The highest BCUT2D eigenvalue weighted by molar-refractivity contribution is 6.01. The smallest absolute Gasteiger partial charge is 0.164 e. The summed E-state index contributed by atoms with van der Waals surface area (Å²) in [6.07, 6.45) is -0.802. The lowest BCUT2D eigenvalue weighted by Crippen LogP contribution is -2.33. The molecule has 3 heterocycles. The average Bonchev–Trinajstić information content (AvgIpc) is 3.20. The summed E-state index contributed by atoms with van der Waals surface area (Å²) in [5.41, 5.74) is 2.41. The average molecular weight is 356 g/mol. The van der Waals surface area contributed by atoms with E-state index in [9.17, 15) is 15.3 Å². The Labute approximate surface area is 149 Å². The SMILES string of the molecule is CNc1ncnc2c1c(-c1ccccc1)cn2[C@@H]1O[C@H](CO)[C@@H](O)[C@H]1O. The van der Waals surface area contributed by atoms with Crippen LogP contribution in [0.3, 0.4) is 0 Å². The van der Waals surface area contributed by atoms with E-state index in [0.717, 1.165) is 16.5 Å². The Morgan fingerprint density at radius 3 is 2.58 bits per heavy atom. The van der Waals surface area contributed by atoms with Crippen LogP contribution < -0.4 is 5.32 Å². The molecule has 0 unspecified atom stereocenters. The monoisotopic (exact) mass is 356 g/mol. The molecule has 4 rings (SSSR count). The number of ether oxygens (including phenoxy) is 1. The number of anilines is 1. The van der Waals surface area contributed by atoms with E-state index >= 15 is 0 Å². The Morgan fingerprint density at radius 2 is 1.92 bits per heavy atom. The van der Waals surface area contributed by atoms with Crippen LogP contribution in [0.15, 0.2) is 42.9 Å².